The first-order valence-electron chi connectivity index (χ1n) is 3.79. The number of hydrogen-bond donors (Lipinski definition) is 2. The van der Waals surface area contributed by atoms with Crippen LogP contribution in [0.5, 0.6) is 0 Å². The summed E-state index contributed by atoms with van der Waals surface area (Å²) in [6.45, 7) is 4.63. The third kappa shape index (κ3) is 1.67. The van der Waals surface area contributed by atoms with Crippen LogP contribution in [0.4, 0.5) is 0 Å². The van der Waals surface area contributed by atoms with Gasteiger partial charge >= 0.3 is 0 Å². The molecule has 1 heterocycles. The van der Waals surface area contributed by atoms with Gasteiger partial charge in [-0.1, -0.05) is 13.0 Å². The van der Waals surface area contributed by atoms with Crippen LogP contribution in [0.25, 0.3) is 0 Å². The van der Waals surface area contributed by atoms with E-state index < -0.39 is 0 Å². The first kappa shape index (κ1) is 7.48. The van der Waals surface area contributed by atoms with Gasteiger partial charge in [0.15, 0.2) is 0 Å². The molecule has 0 radical (unpaired) electrons. The zero-order valence-corrected chi connectivity index (χ0v) is 6.19. The van der Waals surface area contributed by atoms with Gasteiger partial charge in [0.2, 0.25) is 0 Å². The van der Waals surface area contributed by atoms with E-state index in [2.05, 4.69) is 11.9 Å². The SMILES string of the molecule is C=CC(=N)C1CCCCN1. The second kappa shape index (κ2) is 3.52. The molecule has 1 atom stereocenters. The molecule has 0 spiro atoms. The molecule has 56 valence electrons. The Labute approximate surface area is 61.8 Å². The van der Waals surface area contributed by atoms with Crippen LogP contribution in [0.2, 0.25) is 0 Å². The predicted molar refractivity (Wildman–Crippen MR) is 43.6 cm³/mol. The van der Waals surface area contributed by atoms with E-state index in [1.807, 2.05) is 0 Å². The molecule has 0 aliphatic carbocycles. The molecule has 10 heavy (non-hydrogen) atoms. The normalized spacial score (nSPS) is 25.8. The zero-order chi connectivity index (χ0) is 7.40. The largest absolute Gasteiger partial charge is 0.309 e. The van der Waals surface area contributed by atoms with Crippen molar-refractivity contribution in [3.63, 3.8) is 0 Å². The van der Waals surface area contributed by atoms with Crippen LogP contribution in [0.15, 0.2) is 12.7 Å². The summed E-state index contributed by atoms with van der Waals surface area (Å²) >= 11 is 0. The monoisotopic (exact) mass is 138 g/mol. The Morgan fingerprint density at radius 3 is 2.90 bits per heavy atom. The highest BCUT2D eigenvalue weighted by Crippen LogP contribution is 2.07. The summed E-state index contributed by atoms with van der Waals surface area (Å²) in [5, 5.41) is 10.7. The average molecular weight is 138 g/mol. The number of piperidine rings is 1. The summed E-state index contributed by atoms with van der Waals surface area (Å²) in [7, 11) is 0. The molecular weight excluding hydrogens is 124 g/mol. The highest BCUT2D eigenvalue weighted by atomic mass is 14.9. The van der Waals surface area contributed by atoms with Gasteiger partial charge in [-0.15, -0.1) is 0 Å². The van der Waals surface area contributed by atoms with Gasteiger partial charge in [0.25, 0.3) is 0 Å². The molecule has 0 bridgehead atoms. The standard InChI is InChI=1S/C8H14N2/c1-2-7(9)8-5-3-4-6-10-8/h2,8-10H,1,3-6H2. The van der Waals surface area contributed by atoms with Crippen molar-refractivity contribution in [2.45, 2.75) is 25.3 Å². The van der Waals surface area contributed by atoms with Crippen LogP contribution in [0.1, 0.15) is 19.3 Å². The lowest BCUT2D eigenvalue weighted by Gasteiger charge is -2.22. The van der Waals surface area contributed by atoms with Crippen molar-refractivity contribution in [2.75, 3.05) is 6.54 Å². The lowest BCUT2D eigenvalue weighted by Crippen LogP contribution is -2.39. The highest BCUT2D eigenvalue weighted by molar-refractivity contribution is 5.96. The van der Waals surface area contributed by atoms with Crippen LogP contribution in [-0.2, 0) is 0 Å². The van der Waals surface area contributed by atoms with Gasteiger partial charge in [-0.25, -0.2) is 0 Å². The first-order chi connectivity index (χ1) is 4.84. The zero-order valence-electron chi connectivity index (χ0n) is 6.19. The maximum absolute atomic E-state index is 7.45. The minimum absolute atomic E-state index is 0.284. The van der Waals surface area contributed by atoms with E-state index >= 15 is 0 Å². The van der Waals surface area contributed by atoms with Crippen LogP contribution in [0, 0.1) is 5.41 Å². The molecule has 2 N–H and O–H groups in total. The van der Waals surface area contributed by atoms with Crippen LogP contribution in [0.3, 0.4) is 0 Å². The van der Waals surface area contributed by atoms with Crippen molar-refractivity contribution in [3.8, 4) is 0 Å². The lowest BCUT2D eigenvalue weighted by atomic mass is 10.0. The summed E-state index contributed by atoms with van der Waals surface area (Å²) in [5.41, 5.74) is 0.639. The summed E-state index contributed by atoms with van der Waals surface area (Å²) in [4.78, 5) is 0. The van der Waals surface area contributed by atoms with E-state index in [0.717, 1.165) is 13.0 Å². The van der Waals surface area contributed by atoms with E-state index in [1.54, 1.807) is 6.08 Å². The van der Waals surface area contributed by atoms with Gasteiger partial charge in [0.05, 0.1) is 0 Å². The van der Waals surface area contributed by atoms with Gasteiger partial charge in [-0.2, -0.15) is 0 Å². The quantitative estimate of drug-likeness (QED) is 0.555. The fourth-order valence-electron chi connectivity index (χ4n) is 1.26. The smallest absolute Gasteiger partial charge is 0.0487 e. The molecule has 1 unspecified atom stereocenters. The Bertz CT molecular complexity index is 134. The van der Waals surface area contributed by atoms with E-state index in [4.69, 9.17) is 5.41 Å². The fraction of sp³-hybridized carbons (Fsp3) is 0.625. The molecule has 1 saturated heterocycles. The van der Waals surface area contributed by atoms with Crippen LogP contribution >= 0.6 is 0 Å². The molecule has 0 amide bonds. The molecule has 0 aromatic rings. The van der Waals surface area contributed by atoms with Crippen LogP contribution < -0.4 is 5.32 Å². The fourth-order valence-corrected chi connectivity index (χ4v) is 1.26. The molecule has 0 aromatic heterocycles. The second-order valence-corrected chi connectivity index (χ2v) is 2.66. The number of hydrogen-bond acceptors (Lipinski definition) is 2. The molecule has 2 heteroatoms. The molecule has 0 aromatic carbocycles. The third-order valence-electron chi connectivity index (χ3n) is 1.91. The molecule has 1 aliphatic heterocycles. The maximum atomic E-state index is 7.45. The number of nitrogens with one attached hydrogen (secondary N) is 2. The Morgan fingerprint density at radius 2 is 2.40 bits per heavy atom. The first-order valence-corrected chi connectivity index (χ1v) is 3.79. The lowest BCUT2D eigenvalue weighted by molar-refractivity contribution is 0.471. The van der Waals surface area contributed by atoms with E-state index in [9.17, 15) is 0 Å². The van der Waals surface area contributed by atoms with Crippen molar-refractivity contribution in [2.24, 2.45) is 0 Å². The third-order valence-corrected chi connectivity index (χ3v) is 1.91. The molecular formula is C8H14N2. The van der Waals surface area contributed by atoms with Crippen molar-refractivity contribution in [3.05, 3.63) is 12.7 Å². The summed E-state index contributed by atoms with van der Waals surface area (Å²) in [6.07, 6.45) is 5.22. The van der Waals surface area contributed by atoms with Crippen molar-refractivity contribution >= 4 is 5.71 Å². The molecule has 1 rings (SSSR count). The van der Waals surface area contributed by atoms with E-state index in [1.165, 1.54) is 12.8 Å². The van der Waals surface area contributed by atoms with Crippen molar-refractivity contribution in [1.29, 1.82) is 5.41 Å². The van der Waals surface area contributed by atoms with Gasteiger partial charge in [-0.3, -0.25) is 0 Å². The molecule has 0 saturated carbocycles. The minimum Gasteiger partial charge on any atom is -0.309 e. The van der Waals surface area contributed by atoms with E-state index in [0.29, 0.717) is 5.71 Å². The van der Waals surface area contributed by atoms with Crippen LogP contribution in [-0.4, -0.2) is 18.3 Å². The van der Waals surface area contributed by atoms with Gasteiger partial charge in [0, 0.05) is 11.8 Å². The predicted octanol–water partition coefficient (Wildman–Crippen LogP) is 1.33. The van der Waals surface area contributed by atoms with E-state index in [-0.39, 0.29) is 6.04 Å². The Balaban J connectivity index is 2.38. The highest BCUT2D eigenvalue weighted by Gasteiger charge is 2.14. The van der Waals surface area contributed by atoms with Crippen molar-refractivity contribution in [1.82, 2.24) is 5.32 Å². The Kier molecular flexibility index (Phi) is 2.63. The number of rotatable bonds is 2. The summed E-state index contributed by atoms with van der Waals surface area (Å²) in [6, 6.07) is 0.284. The average Bonchev–Trinajstić information content (AvgIpc) is 2.05. The van der Waals surface area contributed by atoms with Gasteiger partial charge < -0.3 is 10.7 Å². The summed E-state index contributed by atoms with van der Waals surface area (Å²) in [5.74, 6) is 0. The second-order valence-electron chi connectivity index (χ2n) is 2.66. The molecule has 1 aliphatic rings. The minimum atomic E-state index is 0.284. The summed E-state index contributed by atoms with van der Waals surface area (Å²) < 4.78 is 0. The Hall–Kier alpha value is -0.630. The maximum Gasteiger partial charge on any atom is 0.0487 e. The van der Waals surface area contributed by atoms with Gasteiger partial charge in [0.1, 0.15) is 0 Å². The topological polar surface area (TPSA) is 35.9 Å². The molecule has 1 fully saturated rings. The van der Waals surface area contributed by atoms with Crippen molar-refractivity contribution < 1.29 is 0 Å². The van der Waals surface area contributed by atoms with Gasteiger partial charge in [-0.05, 0) is 25.5 Å². The molecule has 2 nitrogen and oxygen atoms in total. The Morgan fingerprint density at radius 1 is 1.60 bits per heavy atom.